The van der Waals surface area contributed by atoms with Crippen LogP contribution in [-0.4, -0.2) is 14.5 Å². The first-order chi connectivity index (χ1) is 17.9. The van der Waals surface area contributed by atoms with E-state index in [0.29, 0.717) is 27.1 Å². The predicted molar refractivity (Wildman–Crippen MR) is 155 cm³/mol. The van der Waals surface area contributed by atoms with Crippen LogP contribution in [0, 0.1) is 42.4 Å². The number of rotatable bonds is 6. The molecule has 5 nitrogen and oxygen atoms in total. The second kappa shape index (κ2) is 10.1. The molecule has 3 heterocycles. The summed E-state index contributed by atoms with van der Waals surface area (Å²) in [6.07, 6.45) is 3.85. The topological polar surface area (TPSA) is 78.3 Å². The Morgan fingerprint density at radius 3 is 1.62 bits per heavy atom. The minimum absolute atomic E-state index is 0.442. The molecule has 0 aliphatic rings. The summed E-state index contributed by atoms with van der Waals surface area (Å²) in [6, 6.07) is 20.6. The number of thiazole rings is 2. The lowest BCUT2D eigenvalue weighted by atomic mass is 10.0. The van der Waals surface area contributed by atoms with Crippen LogP contribution in [0.15, 0.2) is 48.5 Å². The highest BCUT2D eigenvalue weighted by Crippen LogP contribution is 2.34. The van der Waals surface area contributed by atoms with E-state index in [0.717, 1.165) is 49.5 Å². The quantitative estimate of drug-likeness (QED) is 0.212. The normalized spacial score (nSPS) is 12.4. The van der Waals surface area contributed by atoms with Crippen LogP contribution in [0.4, 0.5) is 0 Å². The minimum atomic E-state index is 0.442. The van der Waals surface area contributed by atoms with Gasteiger partial charge < -0.3 is 4.57 Å². The lowest BCUT2D eigenvalue weighted by molar-refractivity contribution is 0.509. The van der Waals surface area contributed by atoms with Crippen molar-refractivity contribution in [3.05, 3.63) is 81.1 Å². The van der Waals surface area contributed by atoms with Gasteiger partial charge >= 0.3 is 0 Å². The summed E-state index contributed by atoms with van der Waals surface area (Å²) in [4.78, 5) is 9.42. The Morgan fingerprint density at radius 2 is 1.24 bits per heavy atom. The number of nitrogens with zero attached hydrogens (tertiary/aromatic N) is 5. The third-order valence-corrected chi connectivity index (χ3v) is 8.43. The van der Waals surface area contributed by atoms with Gasteiger partial charge in [-0.15, -0.1) is 22.7 Å². The van der Waals surface area contributed by atoms with E-state index >= 15 is 0 Å². The van der Waals surface area contributed by atoms with Crippen LogP contribution >= 0.6 is 22.7 Å². The highest BCUT2D eigenvalue weighted by atomic mass is 32.1. The van der Waals surface area contributed by atoms with Crippen molar-refractivity contribution in [3.63, 3.8) is 0 Å². The summed E-state index contributed by atoms with van der Waals surface area (Å²) >= 11 is 3.03. The average molecular weight is 520 g/mol. The molecule has 0 saturated carbocycles. The number of hydrogen-bond donors (Lipinski definition) is 0. The molecule has 5 rings (SSSR count). The molecule has 0 atom stereocenters. The van der Waals surface area contributed by atoms with E-state index in [4.69, 9.17) is 9.97 Å². The Labute approximate surface area is 224 Å². The fourth-order valence-electron chi connectivity index (χ4n) is 4.48. The van der Waals surface area contributed by atoms with Crippen molar-refractivity contribution in [2.75, 3.05) is 0 Å². The van der Waals surface area contributed by atoms with Gasteiger partial charge in [0, 0.05) is 29.1 Å². The maximum absolute atomic E-state index is 10.1. The van der Waals surface area contributed by atoms with Crippen molar-refractivity contribution in [1.82, 2.24) is 14.5 Å². The van der Waals surface area contributed by atoms with Crippen molar-refractivity contribution in [1.29, 1.82) is 10.5 Å². The van der Waals surface area contributed by atoms with Crippen LogP contribution in [0.5, 0.6) is 0 Å². The number of para-hydroxylation sites is 2. The van der Waals surface area contributed by atoms with Crippen LogP contribution in [-0.2, 0) is 6.54 Å². The number of allylic oxidation sites excluding steroid dienone is 2. The molecule has 182 valence electrons. The Hall–Kier alpha value is -4.04. The van der Waals surface area contributed by atoms with Crippen molar-refractivity contribution >= 4 is 66.4 Å². The van der Waals surface area contributed by atoms with Crippen LogP contribution in [0.25, 0.3) is 43.7 Å². The summed E-state index contributed by atoms with van der Waals surface area (Å²) in [5.74, 6) is 0.442. The van der Waals surface area contributed by atoms with E-state index in [-0.39, 0.29) is 0 Å². The molecular weight excluding hydrogens is 494 g/mol. The second-order valence-corrected chi connectivity index (χ2v) is 11.4. The molecule has 3 aromatic heterocycles. The van der Waals surface area contributed by atoms with Crippen LogP contribution < -0.4 is 0 Å². The zero-order chi connectivity index (χ0) is 26.1. The molecule has 0 saturated heterocycles. The summed E-state index contributed by atoms with van der Waals surface area (Å²) in [6.45, 7) is 9.38. The molecule has 5 aromatic rings. The first kappa shape index (κ1) is 24.6. The van der Waals surface area contributed by atoms with Crippen molar-refractivity contribution in [2.45, 2.75) is 34.2 Å². The third-order valence-electron chi connectivity index (χ3n) is 6.29. The van der Waals surface area contributed by atoms with Crippen molar-refractivity contribution < 1.29 is 0 Å². The number of aromatic nitrogens is 3. The highest BCUT2D eigenvalue weighted by Gasteiger charge is 2.19. The fraction of sp³-hybridized carbons (Fsp3) is 0.200. The van der Waals surface area contributed by atoms with Crippen molar-refractivity contribution in [2.24, 2.45) is 5.92 Å². The van der Waals surface area contributed by atoms with E-state index in [2.05, 4.69) is 44.4 Å². The molecule has 0 N–H and O–H groups in total. The first-order valence-electron chi connectivity index (χ1n) is 12.0. The van der Waals surface area contributed by atoms with Gasteiger partial charge in [-0.25, -0.2) is 9.97 Å². The molecule has 7 heteroatoms. The number of benzene rings is 2. The van der Waals surface area contributed by atoms with Crippen LogP contribution in [0.2, 0.25) is 0 Å². The van der Waals surface area contributed by atoms with Gasteiger partial charge in [-0.05, 0) is 56.2 Å². The molecule has 0 aliphatic carbocycles. The molecule has 0 bridgehead atoms. The Bertz CT molecular complexity index is 1590. The van der Waals surface area contributed by atoms with Gasteiger partial charge in [0.1, 0.15) is 22.2 Å². The monoisotopic (exact) mass is 519 g/mol. The number of fused-ring (bicyclic) bond motifs is 2. The molecule has 0 radical (unpaired) electrons. The van der Waals surface area contributed by atoms with E-state index in [9.17, 15) is 10.5 Å². The maximum atomic E-state index is 10.1. The van der Waals surface area contributed by atoms with E-state index in [1.54, 1.807) is 0 Å². The Kier molecular flexibility index (Phi) is 6.76. The minimum Gasteiger partial charge on any atom is -0.348 e. The standard InChI is InChI=1S/C30H25N5S2/c1-18(2)17-35-19(3)23(13-21(15-31)29-33-25-9-5-7-11-27(25)36-29)24(20(35)4)14-22(16-32)30-34-26-10-6-8-12-28(26)37-30/h5-14,18H,17H2,1-4H3/b21-13-,22-14-. The lowest BCUT2D eigenvalue weighted by Crippen LogP contribution is -2.07. The van der Waals surface area contributed by atoms with Gasteiger partial charge in [0.25, 0.3) is 0 Å². The highest BCUT2D eigenvalue weighted by molar-refractivity contribution is 7.20. The van der Waals surface area contributed by atoms with Gasteiger partial charge in [-0.1, -0.05) is 38.1 Å². The summed E-state index contributed by atoms with van der Waals surface area (Å²) in [5, 5.41) is 21.6. The second-order valence-electron chi connectivity index (χ2n) is 9.32. The molecule has 0 unspecified atom stereocenters. The predicted octanol–water partition coefficient (Wildman–Crippen LogP) is 8.11. The molecule has 37 heavy (non-hydrogen) atoms. The van der Waals surface area contributed by atoms with E-state index in [1.165, 1.54) is 22.7 Å². The fourth-order valence-corrected chi connectivity index (χ4v) is 6.35. The lowest BCUT2D eigenvalue weighted by Gasteiger charge is -2.12. The summed E-state index contributed by atoms with van der Waals surface area (Å²) in [5.41, 5.74) is 6.79. The van der Waals surface area contributed by atoms with Gasteiger partial charge in [-0.3, -0.25) is 0 Å². The molecule has 0 spiro atoms. The summed E-state index contributed by atoms with van der Waals surface area (Å²) in [7, 11) is 0. The molecule has 0 aliphatic heterocycles. The van der Waals surface area contributed by atoms with Crippen molar-refractivity contribution in [3.8, 4) is 12.1 Å². The van der Waals surface area contributed by atoms with Gasteiger partial charge in [0.2, 0.25) is 0 Å². The van der Waals surface area contributed by atoms with Gasteiger partial charge in [0.05, 0.1) is 31.6 Å². The average Bonchev–Trinajstić information content (AvgIpc) is 3.57. The van der Waals surface area contributed by atoms with E-state index in [1.807, 2.05) is 60.7 Å². The maximum Gasteiger partial charge on any atom is 0.135 e. The van der Waals surface area contributed by atoms with Gasteiger partial charge in [0.15, 0.2) is 0 Å². The van der Waals surface area contributed by atoms with Crippen LogP contribution in [0.3, 0.4) is 0 Å². The zero-order valence-electron chi connectivity index (χ0n) is 21.1. The number of nitriles is 2. The molecule has 0 amide bonds. The third kappa shape index (κ3) is 4.72. The van der Waals surface area contributed by atoms with Crippen LogP contribution in [0.1, 0.15) is 46.4 Å². The molecule has 2 aromatic carbocycles. The first-order valence-corrected chi connectivity index (χ1v) is 13.7. The molecule has 0 fully saturated rings. The Morgan fingerprint density at radius 1 is 0.811 bits per heavy atom. The zero-order valence-corrected chi connectivity index (χ0v) is 22.7. The van der Waals surface area contributed by atoms with E-state index < -0.39 is 0 Å². The molecular formula is C30H25N5S2. The summed E-state index contributed by atoms with van der Waals surface area (Å²) < 4.78 is 4.38. The Balaban J connectivity index is 1.70. The largest absolute Gasteiger partial charge is 0.348 e. The van der Waals surface area contributed by atoms with Gasteiger partial charge in [-0.2, -0.15) is 10.5 Å². The SMILES string of the molecule is Cc1c(/C=C(/C#N)c2nc3ccccc3s2)c(/C=C(/C#N)c2nc3ccccc3s2)c(C)n1CC(C)C. The number of hydrogen-bond acceptors (Lipinski definition) is 6. The smallest absolute Gasteiger partial charge is 0.135 e.